The molecule has 1 aromatic rings. The summed E-state index contributed by atoms with van der Waals surface area (Å²) >= 11 is 5.81. The average molecular weight is 413 g/mol. The van der Waals surface area contributed by atoms with Gasteiger partial charge in [0, 0.05) is 18.2 Å². The van der Waals surface area contributed by atoms with Crippen LogP contribution in [-0.4, -0.2) is 12.5 Å². The first-order chi connectivity index (χ1) is 12.7. The molecule has 2 nitrogen and oxygen atoms in total. The zero-order valence-electron chi connectivity index (χ0n) is 14.9. The summed E-state index contributed by atoms with van der Waals surface area (Å²) in [5.41, 5.74) is 0. The highest BCUT2D eigenvalue weighted by Gasteiger charge is 2.44. The third kappa shape index (κ3) is 6.26. The van der Waals surface area contributed by atoms with E-state index in [9.17, 15) is 22.0 Å². The molecule has 1 aromatic carbocycles. The summed E-state index contributed by atoms with van der Waals surface area (Å²) in [6.45, 7) is 2.07. The van der Waals surface area contributed by atoms with Crippen molar-refractivity contribution in [3.63, 3.8) is 0 Å². The fourth-order valence-corrected chi connectivity index (χ4v) is 3.55. The van der Waals surface area contributed by atoms with E-state index < -0.39 is 35.8 Å². The molecule has 27 heavy (non-hydrogen) atoms. The number of rotatable bonds is 8. The maximum atomic E-state index is 14.5. The molecule has 0 atom stereocenters. The normalized spacial score (nSPS) is 21.0. The Hall–Kier alpha value is -1.50. The van der Waals surface area contributed by atoms with Crippen LogP contribution in [0.1, 0.15) is 45.4 Å². The molecule has 8 heteroatoms. The number of alkyl halides is 4. The Morgan fingerprint density at radius 2 is 1.89 bits per heavy atom. The van der Waals surface area contributed by atoms with Crippen LogP contribution < -0.4 is 9.47 Å². The van der Waals surface area contributed by atoms with Crippen molar-refractivity contribution >= 4 is 11.6 Å². The molecule has 0 saturated heterocycles. The average Bonchev–Trinajstić information content (AvgIpc) is 2.57. The van der Waals surface area contributed by atoms with Gasteiger partial charge >= 0.3 is 6.11 Å². The van der Waals surface area contributed by atoms with Crippen molar-refractivity contribution in [2.75, 3.05) is 0 Å². The van der Waals surface area contributed by atoms with E-state index in [0.717, 1.165) is 31.7 Å². The van der Waals surface area contributed by atoms with Gasteiger partial charge in [0.05, 0.1) is 17.2 Å². The van der Waals surface area contributed by atoms with Crippen molar-refractivity contribution < 1.29 is 31.4 Å². The first-order valence-electron chi connectivity index (χ1n) is 8.90. The zero-order valence-corrected chi connectivity index (χ0v) is 15.6. The summed E-state index contributed by atoms with van der Waals surface area (Å²) in [6, 6.07) is 1.68. The van der Waals surface area contributed by atoms with Crippen molar-refractivity contribution in [3.05, 3.63) is 35.3 Å². The molecule has 0 spiro atoms. The highest BCUT2D eigenvalue weighted by atomic mass is 35.5. The van der Waals surface area contributed by atoms with Crippen molar-refractivity contribution in [2.24, 2.45) is 11.8 Å². The lowest BCUT2D eigenvalue weighted by molar-refractivity contribution is -0.223. The molecule has 1 aliphatic rings. The van der Waals surface area contributed by atoms with Crippen molar-refractivity contribution in [1.82, 2.24) is 0 Å². The van der Waals surface area contributed by atoms with E-state index >= 15 is 0 Å². The smallest absolute Gasteiger partial charge is 0.400 e. The first kappa shape index (κ1) is 21.8. The van der Waals surface area contributed by atoms with Crippen molar-refractivity contribution in [3.8, 4) is 11.5 Å². The SMILES string of the molecule is CCCC1CCC(C(F)(F)Oc2cc(F)c(O/C=C/C(F)F)c(Cl)c2)CC1. The minimum absolute atomic E-state index is 0.341. The Morgan fingerprint density at radius 1 is 1.22 bits per heavy atom. The molecule has 2 rings (SSSR count). The standard InChI is InChI=1S/C19H22ClF5O2/c1-2-3-12-4-6-13(7-5-12)19(24,25)27-14-10-15(20)18(16(21)11-14)26-9-8-17(22)23/h8-13,17H,2-7H2,1H3/b9-8+. The minimum atomic E-state index is -3.45. The topological polar surface area (TPSA) is 18.5 Å². The lowest BCUT2D eigenvalue weighted by Gasteiger charge is -2.33. The quantitative estimate of drug-likeness (QED) is 0.331. The summed E-state index contributed by atoms with van der Waals surface area (Å²) in [5.74, 6) is -2.55. The van der Waals surface area contributed by atoms with E-state index in [-0.39, 0.29) is 5.02 Å². The second-order valence-corrected chi connectivity index (χ2v) is 7.07. The third-order valence-corrected chi connectivity index (χ3v) is 4.94. The van der Waals surface area contributed by atoms with E-state index in [0.29, 0.717) is 37.2 Å². The first-order valence-corrected chi connectivity index (χ1v) is 9.28. The molecular weight excluding hydrogens is 391 g/mol. The van der Waals surface area contributed by atoms with Crippen molar-refractivity contribution in [1.29, 1.82) is 0 Å². The van der Waals surface area contributed by atoms with Gasteiger partial charge in [0.15, 0.2) is 11.6 Å². The number of hydrogen-bond donors (Lipinski definition) is 0. The molecule has 0 heterocycles. The van der Waals surface area contributed by atoms with Gasteiger partial charge in [0.1, 0.15) is 5.75 Å². The molecule has 1 saturated carbocycles. The van der Waals surface area contributed by atoms with Gasteiger partial charge in [-0.1, -0.05) is 31.4 Å². The van der Waals surface area contributed by atoms with Gasteiger partial charge < -0.3 is 9.47 Å². The highest BCUT2D eigenvalue weighted by Crippen LogP contribution is 2.42. The molecule has 1 fully saturated rings. The van der Waals surface area contributed by atoms with Crippen LogP contribution >= 0.6 is 11.6 Å². The molecule has 1 aliphatic carbocycles. The fraction of sp³-hybridized carbons (Fsp3) is 0.579. The molecule has 0 bridgehead atoms. The molecule has 0 aromatic heterocycles. The van der Waals surface area contributed by atoms with Crippen LogP contribution in [0.15, 0.2) is 24.5 Å². The summed E-state index contributed by atoms with van der Waals surface area (Å²) in [5, 5.41) is -0.355. The number of halogens is 6. The lowest BCUT2D eigenvalue weighted by atomic mass is 9.79. The largest absolute Gasteiger partial charge is 0.460 e. The van der Waals surface area contributed by atoms with Gasteiger partial charge in [0.25, 0.3) is 6.43 Å². The fourth-order valence-electron chi connectivity index (χ4n) is 3.31. The van der Waals surface area contributed by atoms with Gasteiger partial charge in [0.2, 0.25) is 0 Å². The van der Waals surface area contributed by atoms with E-state index in [2.05, 4.69) is 6.92 Å². The minimum Gasteiger partial charge on any atom is -0.460 e. The lowest BCUT2D eigenvalue weighted by Crippen LogP contribution is -2.37. The van der Waals surface area contributed by atoms with Crippen LogP contribution in [0.5, 0.6) is 11.5 Å². The molecule has 0 aliphatic heterocycles. The number of ether oxygens (including phenoxy) is 2. The third-order valence-electron chi connectivity index (χ3n) is 4.65. The van der Waals surface area contributed by atoms with E-state index in [1.165, 1.54) is 0 Å². The molecule has 0 radical (unpaired) electrons. The van der Waals surface area contributed by atoms with Crippen LogP contribution in [0.3, 0.4) is 0 Å². The van der Waals surface area contributed by atoms with Crippen molar-refractivity contribution in [2.45, 2.75) is 58.0 Å². The van der Waals surface area contributed by atoms with E-state index in [1.54, 1.807) is 0 Å². The molecular formula is C19H22ClF5O2. The summed E-state index contributed by atoms with van der Waals surface area (Å²) in [4.78, 5) is 0. The van der Waals surface area contributed by atoms with Gasteiger partial charge in [-0.05, 0) is 31.6 Å². The van der Waals surface area contributed by atoms with Gasteiger partial charge in [-0.15, -0.1) is 0 Å². The molecule has 0 amide bonds. The monoisotopic (exact) mass is 412 g/mol. The van der Waals surface area contributed by atoms with E-state index in [1.807, 2.05) is 0 Å². The van der Waals surface area contributed by atoms with Crippen LogP contribution in [-0.2, 0) is 0 Å². The molecule has 152 valence electrons. The molecule has 0 N–H and O–H groups in total. The maximum absolute atomic E-state index is 14.5. The maximum Gasteiger partial charge on any atom is 0.400 e. The predicted octanol–water partition coefficient (Wildman–Crippen LogP) is 7.21. The zero-order chi connectivity index (χ0) is 20.0. The second-order valence-electron chi connectivity index (χ2n) is 6.67. The van der Waals surface area contributed by atoms with Crippen LogP contribution in [0.4, 0.5) is 22.0 Å². The highest BCUT2D eigenvalue weighted by molar-refractivity contribution is 6.32. The van der Waals surface area contributed by atoms with Crippen LogP contribution in [0.25, 0.3) is 0 Å². The summed E-state index contributed by atoms with van der Waals surface area (Å²) in [7, 11) is 0. The number of benzene rings is 1. The van der Waals surface area contributed by atoms with Gasteiger partial charge in [-0.25, -0.2) is 13.2 Å². The predicted molar refractivity (Wildman–Crippen MR) is 93.1 cm³/mol. The Balaban J connectivity index is 2.03. The summed E-state index contributed by atoms with van der Waals surface area (Å²) < 4.78 is 76.5. The van der Waals surface area contributed by atoms with Crippen LogP contribution in [0, 0.1) is 17.7 Å². The molecule has 0 unspecified atom stereocenters. The van der Waals surface area contributed by atoms with Gasteiger partial charge in [-0.3, -0.25) is 0 Å². The Labute approximate surface area is 160 Å². The van der Waals surface area contributed by atoms with Crippen LogP contribution in [0.2, 0.25) is 5.02 Å². The second kappa shape index (κ2) is 9.62. The Kier molecular flexibility index (Phi) is 7.77. The van der Waals surface area contributed by atoms with Gasteiger partial charge in [-0.2, -0.15) is 8.78 Å². The Morgan fingerprint density at radius 3 is 2.44 bits per heavy atom. The number of allylic oxidation sites excluding steroid dienone is 1. The Bertz CT molecular complexity index is 620. The summed E-state index contributed by atoms with van der Waals surface area (Å²) in [6.07, 6.45) is -1.08. The number of hydrogen-bond acceptors (Lipinski definition) is 2. The van der Waals surface area contributed by atoms with E-state index in [4.69, 9.17) is 21.1 Å².